The second-order valence-electron chi connectivity index (χ2n) is 6.10. The van der Waals surface area contributed by atoms with Crippen LogP contribution in [-0.4, -0.2) is 58.3 Å². The van der Waals surface area contributed by atoms with Crippen LogP contribution in [0.15, 0.2) is 18.6 Å². The van der Waals surface area contributed by atoms with Crippen molar-refractivity contribution in [2.24, 2.45) is 0 Å². The molecule has 0 aromatic carbocycles. The van der Waals surface area contributed by atoms with E-state index in [0.29, 0.717) is 19.7 Å². The molecule has 7 nitrogen and oxygen atoms in total. The smallest absolute Gasteiger partial charge is 0.409 e. The Kier molecular flexibility index (Phi) is 4.38. The number of rotatable bonds is 5. The van der Waals surface area contributed by atoms with Crippen LogP contribution in [0.1, 0.15) is 19.3 Å². The van der Waals surface area contributed by atoms with Crippen molar-refractivity contribution in [2.75, 3.05) is 37.7 Å². The van der Waals surface area contributed by atoms with Gasteiger partial charge in [-0.25, -0.2) is 14.8 Å². The van der Waals surface area contributed by atoms with E-state index in [-0.39, 0.29) is 6.09 Å². The highest BCUT2D eigenvalue weighted by Crippen LogP contribution is 2.31. The van der Waals surface area contributed by atoms with Crippen molar-refractivity contribution in [3.05, 3.63) is 18.6 Å². The monoisotopic (exact) mass is 347 g/mol. The lowest BCUT2D eigenvalue weighted by Crippen LogP contribution is -2.39. The zero-order valence-corrected chi connectivity index (χ0v) is 14.4. The molecule has 0 unspecified atom stereocenters. The molecule has 4 rings (SSSR count). The Hall–Kier alpha value is -2.09. The van der Waals surface area contributed by atoms with Crippen molar-refractivity contribution < 1.29 is 9.53 Å². The summed E-state index contributed by atoms with van der Waals surface area (Å²) in [5.41, 5.74) is 0. The fraction of sp³-hybridized carbons (Fsp3) is 0.562. The number of amides is 1. The van der Waals surface area contributed by atoms with Crippen molar-refractivity contribution in [3.8, 4) is 10.7 Å². The van der Waals surface area contributed by atoms with Crippen molar-refractivity contribution in [3.63, 3.8) is 0 Å². The first-order chi connectivity index (χ1) is 11.8. The molecule has 8 heteroatoms. The van der Waals surface area contributed by atoms with E-state index in [1.807, 2.05) is 12.4 Å². The highest BCUT2D eigenvalue weighted by Gasteiger charge is 2.21. The first kappa shape index (κ1) is 15.4. The molecule has 0 saturated carbocycles. The Morgan fingerprint density at radius 3 is 2.83 bits per heavy atom. The molecule has 2 saturated heterocycles. The van der Waals surface area contributed by atoms with Crippen LogP contribution in [0, 0.1) is 0 Å². The summed E-state index contributed by atoms with van der Waals surface area (Å²) in [6.07, 6.45) is 8.85. The number of hydrogen-bond donors (Lipinski definition) is 0. The summed E-state index contributed by atoms with van der Waals surface area (Å²) < 4.78 is 7.17. The number of carbonyl (C=O) groups is 1. The predicted molar refractivity (Wildman–Crippen MR) is 92.3 cm³/mol. The largest absolute Gasteiger partial charge is 0.449 e. The molecule has 128 valence electrons. The Labute approximate surface area is 144 Å². The van der Waals surface area contributed by atoms with Gasteiger partial charge >= 0.3 is 6.09 Å². The topological polar surface area (TPSA) is 63.5 Å². The maximum atomic E-state index is 11.7. The van der Waals surface area contributed by atoms with E-state index in [9.17, 15) is 4.79 Å². The number of ether oxygens (including phenoxy) is 1. The molecule has 0 aliphatic carbocycles. The summed E-state index contributed by atoms with van der Waals surface area (Å²) in [5, 5.41) is 1.08. The number of thiazole rings is 1. The van der Waals surface area contributed by atoms with Crippen LogP contribution in [0.3, 0.4) is 0 Å². The van der Waals surface area contributed by atoms with Gasteiger partial charge in [-0.05, 0) is 19.3 Å². The maximum absolute atomic E-state index is 11.7. The van der Waals surface area contributed by atoms with Crippen LogP contribution in [0.25, 0.3) is 10.7 Å². The van der Waals surface area contributed by atoms with Gasteiger partial charge < -0.3 is 19.1 Å². The zero-order chi connectivity index (χ0) is 16.4. The number of carbonyl (C=O) groups excluding carboxylic acids is 1. The highest BCUT2D eigenvalue weighted by molar-refractivity contribution is 7.18. The molecule has 2 aromatic heterocycles. The second kappa shape index (κ2) is 6.80. The van der Waals surface area contributed by atoms with Gasteiger partial charge in [0.05, 0.1) is 17.7 Å². The first-order valence-electron chi connectivity index (χ1n) is 8.45. The van der Waals surface area contributed by atoms with Crippen LogP contribution in [-0.2, 0) is 11.3 Å². The summed E-state index contributed by atoms with van der Waals surface area (Å²) in [5.74, 6) is 0.920. The molecule has 0 atom stereocenters. The van der Waals surface area contributed by atoms with Gasteiger partial charge in [-0.15, -0.1) is 0 Å². The van der Waals surface area contributed by atoms with E-state index in [1.54, 1.807) is 22.4 Å². The summed E-state index contributed by atoms with van der Waals surface area (Å²) in [6.45, 7) is 4.84. The number of cyclic esters (lactones) is 1. The Morgan fingerprint density at radius 1 is 1.12 bits per heavy atom. The highest BCUT2D eigenvalue weighted by atomic mass is 32.1. The molecular formula is C16H21N5O2S. The van der Waals surface area contributed by atoms with Gasteiger partial charge in [-0.3, -0.25) is 0 Å². The van der Waals surface area contributed by atoms with Gasteiger partial charge in [0.15, 0.2) is 11.0 Å². The molecule has 0 radical (unpaired) electrons. The third-order valence-corrected chi connectivity index (χ3v) is 5.53. The van der Waals surface area contributed by atoms with Gasteiger partial charge in [-0.1, -0.05) is 11.3 Å². The normalized spacial score (nSPS) is 18.2. The summed E-state index contributed by atoms with van der Waals surface area (Å²) >= 11 is 1.69. The quantitative estimate of drug-likeness (QED) is 0.831. The molecular weight excluding hydrogens is 326 g/mol. The standard InChI is InChI=1S/C16H21N5O2S/c22-16-21(7-3-11-23-16)10-9-19-8-4-17-14(19)13-12-18-15(24-13)20-5-1-2-6-20/h4,8,12H,1-3,5-7,9-11H2. The van der Waals surface area contributed by atoms with E-state index in [0.717, 1.165) is 41.9 Å². The number of imidazole rings is 1. The minimum absolute atomic E-state index is 0.211. The van der Waals surface area contributed by atoms with E-state index in [1.165, 1.54) is 12.8 Å². The second-order valence-corrected chi connectivity index (χ2v) is 7.11. The molecule has 0 bridgehead atoms. The molecule has 24 heavy (non-hydrogen) atoms. The van der Waals surface area contributed by atoms with Gasteiger partial charge in [0, 0.05) is 45.1 Å². The molecule has 4 heterocycles. The third kappa shape index (κ3) is 3.10. The average molecular weight is 347 g/mol. The molecule has 2 aromatic rings. The summed E-state index contributed by atoms with van der Waals surface area (Å²) in [7, 11) is 0. The van der Waals surface area contributed by atoms with Crippen molar-refractivity contribution >= 4 is 22.6 Å². The molecule has 2 aliphatic rings. The number of nitrogens with zero attached hydrogens (tertiary/aromatic N) is 5. The van der Waals surface area contributed by atoms with Gasteiger partial charge in [0.25, 0.3) is 0 Å². The van der Waals surface area contributed by atoms with Crippen molar-refractivity contribution in [1.29, 1.82) is 0 Å². The Balaban J connectivity index is 1.45. The van der Waals surface area contributed by atoms with Crippen LogP contribution < -0.4 is 4.90 Å². The third-order valence-electron chi connectivity index (χ3n) is 4.47. The molecule has 1 amide bonds. The fourth-order valence-corrected chi connectivity index (χ4v) is 4.15. The zero-order valence-electron chi connectivity index (χ0n) is 13.6. The number of aromatic nitrogens is 3. The van der Waals surface area contributed by atoms with Crippen LogP contribution in [0.2, 0.25) is 0 Å². The Bertz CT molecular complexity index is 707. The van der Waals surface area contributed by atoms with Crippen LogP contribution in [0.5, 0.6) is 0 Å². The summed E-state index contributed by atoms with van der Waals surface area (Å²) in [4.78, 5) is 25.9. The predicted octanol–water partition coefficient (Wildman–Crippen LogP) is 2.45. The molecule has 0 spiro atoms. The minimum atomic E-state index is -0.211. The van der Waals surface area contributed by atoms with Gasteiger partial charge in [-0.2, -0.15) is 0 Å². The number of hydrogen-bond acceptors (Lipinski definition) is 6. The van der Waals surface area contributed by atoms with E-state index >= 15 is 0 Å². The molecule has 2 aliphatic heterocycles. The lowest BCUT2D eigenvalue weighted by Gasteiger charge is -2.26. The first-order valence-corrected chi connectivity index (χ1v) is 9.27. The van der Waals surface area contributed by atoms with Crippen LogP contribution in [0.4, 0.5) is 9.93 Å². The lowest BCUT2D eigenvalue weighted by molar-refractivity contribution is 0.0717. The summed E-state index contributed by atoms with van der Waals surface area (Å²) in [6, 6.07) is 0. The number of anilines is 1. The van der Waals surface area contributed by atoms with Crippen LogP contribution >= 0.6 is 11.3 Å². The molecule has 2 fully saturated rings. The van der Waals surface area contributed by atoms with Gasteiger partial charge in [0.2, 0.25) is 0 Å². The van der Waals surface area contributed by atoms with E-state index in [2.05, 4.69) is 19.4 Å². The van der Waals surface area contributed by atoms with Crippen molar-refractivity contribution in [2.45, 2.75) is 25.8 Å². The minimum Gasteiger partial charge on any atom is -0.449 e. The van der Waals surface area contributed by atoms with E-state index < -0.39 is 0 Å². The lowest BCUT2D eigenvalue weighted by atomic mass is 10.3. The van der Waals surface area contributed by atoms with Crippen molar-refractivity contribution in [1.82, 2.24) is 19.4 Å². The van der Waals surface area contributed by atoms with Gasteiger partial charge in [0.1, 0.15) is 0 Å². The molecule has 0 N–H and O–H groups in total. The average Bonchev–Trinajstić information content (AvgIpc) is 3.33. The van der Waals surface area contributed by atoms with E-state index in [4.69, 9.17) is 4.74 Å². The fourth-order valence-electron chi connectivity index (χ4n) is 3.17. The maximum Gasteiger partial charge on any atom is 0.409 e. The SMILES string of the molecule is O=C1OCCCN1CCn1ccnc1-c1cnc(N2CCCC2)s1. The Morgan fingerprint density at radius 2 is 2.00 bits per heavy atom.